The first-order valence-electron chi connectivity index (χ1n) is 26.8. The molecule has 9 nitrogen and oxygen atoms in total. The van der Waals surface area contributed by atoms with Crippen molar-refractivity contribution in [2.75, 3.05) is 13.2 Å². The van der Waals surface area contributed by atoms with Crippen LogP contribution in [-0.4, -0.2) is 13.2 Å². The number of hydrogen-bond donors (Lipinski definition) is 0. The fourth-order valence-electron chi connectivity index (χ4n) is 11.5. The fraction of sp³-hybridized carbons (Fsp3) is 0.385. The molecule has 0 aliphatic heterocycles. The molecule has 0 fully saturated rings. The van der Waals surface area contributed by atoms with E-state index in [9.17, 15) is 0 Å². The van der Waals surface area contributed by atoms with Crippen molar-refractivity contribution in [1.29, 1.82) is 0 Å². The Labute approximate surface area is 512 Å². The predicted octanol–water partition coefficient (Wildman–Crippen LogP) is 19.2. The Morgan fingerprint density at radius 2 is 0.738 bits per heavy atom. The summed E-state index contributed by atoms with van der Waals surface area (Å²) in [5, 5.41) is 0. The molecule has 2 aliphatic carbocycles. The van der Waals surface area contributed by atoms with Gasteiger partial charge in [0.15, 0.2) is 22.3 Å². The third kappa shape index (κ3) is 14.0. The average Bonchev–Trinajstić information content (AvgIpc) is 3.45. The third-order valence-corrected chi connectivity index (χ3v) is 14.9. The van der Waals surface area contributed by atoms with Crippen LogP contribution in [0.2, 0.25) is 0 Å². The van der Waals surface area contributed by atoms with Crippen LogP contribution in [0.3, 0.4) is 0 Å². The van der Waals surface area contributed by atoms with Gasteiger partial charge in [-0.15, -0.1) is 0 Å². The van der Waals surface area contributed by atoms with Gasteiger partial charge in [-0.1, -0.05) is 142 Å². The molecule has 10 rings (SSSR count). The third-order valence-electron chi connectivity index (χ3n) is 14.9. The summed E-state index contributed by atoms with van der Waals surface area (Å²) in [6.45, 7) is 36.5. The molecule has 0 N–H and O–H groups in total. The Kier molecular flexibility index (Phi) is 20.9. The molecular formula is C65H74Br4N4Ni2O5. The Hall–Kier alpha value is -3.93. The van der Waals surface area contributed by atoms with Gasteiger partial charge in [-0.2, -0.15) is 0 Å². The van der Waals surface area contributed by atoms with Crippen LogP contribution in [-0.2, 0) is 53.6 Å². The zero-order chi connectivity index (χ0) is 58.5. The van der Waals surface area contributed by atoms with Gasteiger partial charge >= 0.3 is 78.7 Å². The van der Waals surface area contributed by atoms with Crippen molar-refractivity contribution in [2.45, 2.75) is 151 Å². The molecule has 6 aromatic carbocycles. The number of nitrogens with zero attached hydrogens (tertiary/aromatic N) is 4. The molecule has 2 aliphatic rings. The second-order valence-corrected chi connectivity index (χ2v) is 33.8. The summed E-state index contributed by atoms with van der Waals surface area (Å²) in [7, 11) is 2.50. The summed E-state index contributed by atoms with van der Waals surface area (Å²) in [4.78, 5) is 20.8. The Bertz CT molecular complexity index is 3800. The van der Waals surface area contributed by atoms with E-state index in [0.717, 1.165) is 82.2 Å². The summed E-state index contributed by atoms with van der Waals surface area (Å²) >= 11 is 12.0. The molecule has 8 aromatic rings. The molecule has 1 spiro atoms. The minimum absolute atomic E-state index is 0.157. The number of fused-ring (bicyclic) bond motifs is 6. The average molecular weight is 1430 g/mol. The number of benzene rings is 6. The van der Waals surface area contributed by atoms with Crippen molar-refractivity contribution >= 4 is 102 Å². The molecule has 0 saturated carbocycles. The van der Waals surface area contributed by atoms with E-state index in [-0.39, 0.29) is 27.1 Å². The zero-order valence-electron chi connectivity index (χ0n) is 48.7. The molecule has 0 unspecified atom stereocenters. The SMILES string of the molecule is CCOCC.Cc1cccc(C)c1N=c1oc2cc3c(cc2oc1=Nc1c(C)cccc1C)[C@@]1(CC(C)(C)c2cc4oc(=Nc5ccccc5C(C)(C)C)c(=Nc5ccccc5C(C)(C)C)oc4cc21)CC3(C)C.[Br][Ni][Br].[Br][Ni][Br]. The second-order valence-electron chi connectivity index (χ2n) is 23.9. The van der Waals surface area contributed by atoms with Crippen LogP contribution in [0.4, 0.5) is 22.7 Å². The summed E-state index contributed by atoms with van der Waals surface area (Å²) in [6.07, 6.45) is 1.74. The van der Waals surface area contributed by atoms with Crippen LogP contribution in [0.1, 0.15) is 152 Å². The molecule has 0 radical (unpaired) electrons. The van der Waals surface area contributed by atoms with Crippen molar-refractivity contribution < 1.29 is 44.2 Å². The van der Waals surface area contributed by atoms with Crippen LogP contribution >= 0.6 is 56.9 Å². The molecule has 0 saturated heterocycles. The Morgan fingerprint density at radius 1 is 0.450 bits per heavy atom. The van der Waals surface area contributed by atoms with Gasteiger partial charge in [0.1, 0.15) is 0 Å². The van der Waals surface area contributed by atoms with Crippen LogP contribution < -0.4 is 22.2 Å². The number of halogens is 4. The van der Waals surface area contributed by atoms with Gasteiger partial charge < -0.3 is 22.4 Å². The summed E-state index contributed by atoms with van der Waals surface area (Å²) in [6, 6.07) is 37.6. The molecule has 80 heavy (non-hydrogen) atoms. The van der Waals surface area contributed by atoms with Crippen LogP contribution in [0.25, 0.3) is 22.3 Å². The van der Waals surface area contributed by atoms with E-state index in [2.05, 4.69) is 227 Å². The maximum atomic E-state index is 7.03. The van der Waals surface area contributed by atoms with Crippen molar-refractivity contribution in [3.63, 3.8) is 0 Å². The molecule has 2 aromatic heterocycles. The zero-order valence-corrected chi connectivity index (χ0v) is 57.0. The molecule has 0 amide bonds. The van der Waals surface area contributed by atoms with E-state index >= 15 is 0 Å². The van der Waals surface area contributed by atoms with E-state index in [1.54, 1.807) is 0 Å². The van der Waals surface area contributed by atoms with Gasteiger partial charge in [0, 0.05) is 18.6 Å². The summed E-state index contributed by atoms with van der Waals surface area (Å²) in [5.41, 5.74) is 17.1. The van der Waals surface area contributed by atoms with E-state index in [1.165, 1.54) is 44.0 Å². The van der Waals surface area contributed by atoms with Crippen LogP contribution in [0.5, 0.6) is 0 Å². The van der Waals surface area contributed by atoms with Gasteiger partial charge in [-0.25, -0.2) is 20.0 Å². The monoisotopic (exact) mass is 1420 g/mol. The Balaban J connectivity index is 0.000000774. The minimum atomic E-state index is -0.388. The predicted molar refractivity (Wildman–Crippen MR) is 334 cm³/mol. The Morgan fingerprint density at radius 3 is 1.02 bits per heavy atom. The second kappa shape index (κ2) is 26.3. The van der Waals surface area contributed by atoms with Crippen LogP contribution in [0, 0.1) is 27.7 Å². The van der Waals surface area contributed by atoms with Gasteiger partial charge in [0.25, 0.3) is 22.2 Å². The van der Waals surface area contributed by atoms with Crippen LogP contribution in [0.15, 0.2) is 147 Å². The number of ether oxygens (including phenoxy) is 1. The first-order valence-corrected chi connectivity index (χ1v) is 36.5. The fourth-order valence-corrected chi connectivity index (χ4v) is 11.5. The van der Waals surface area contributed by atoms with E-state index in [4.69, 9.17) is 42.4 Å². The first kappa shape index (κ1) is 63.6. The molecule has 432 valence electrons. The number of aryl methyl sites for hydroxylation is 4. The summed E-state index contributed by atoms with van der Waals surface area (Å²) in [5.74, 6) is 0. The van der Waals surface area contributed by atoms with Crippen molar-refractivity contribution in [3.05, 3.63) is 187 Å². The normalized spacial score (nSPS) is 17.1. The van der Waals surface area contributed by atoms with Crippen molar-refractivity contribution in [3.8, 4) is 0 Å². The maximum absolute atomic E-state index is 7.03. The van der Waals surface area contributed by atoms with E-state index in [1.807, 2.05) is 50.2 Å². The summed E-state index contributed by atoms with van der Waals surface area (Å²) < 4.78 is 32.6. The van der Waals surface area contributed by atoms with Gasteiger partial charge in [0.05, 0.1) is 22.7 Å². The molecule has 0 bridgehead atoms. The molecule has 1 atom stereocenters. The number of hydrogen-bond acceptors (Lipinski definition) is 9. The van der Waals surface area contributed by atoms with E-state index in [0.29, 0.717) is 44.5 Å². The standard InChI is InChI=1S/C61H64N4O4.C4H10O.4BrH.2Ni/c1-35-21-19-22-36(2)51(35)64-55-56(65-52-37(3)23-20-24-38(52)4)69-50-32-44-42(30-48(50)68-55)60(13,14)34-61(44)33-59(11,12)41-29-47-49(31-43(41)61)67-54(63-46-28-18-16-26-40(46)58(8,9)10)53(66-47)62-45-27-17-15-25-39(45)57(5,6)7;1-3-5-4-2;;;;;;/h15-32H,33-34H2,1-14H3;3-4H2,1-2H3;4*1H;;/q;;;;;;2*+2/p-4/t61-;;;;;;;/m0......./s1. The molecule has 15 heteroatoms. The topological polar surface area (TPSA) is 111 Å². The molecular weight excluding hydrogens is 1350 g/mol. The quantitative estimate of drug-likeness (QED) is 0.154. The van der Waals surface area contributed by atoms with Gasteiger partial charge in [-0.3, -0.25) is 0 Å². The number of rotatable bonds is 6. The van der Waals surface area contributed by atoms with Gasteiger partial charge in [-0.05, 0) is 168 Å². The van der Waals surface area contributed by atoms with Crippen molar-refractivity contribution in [1.82, 2.24) is 0 Å². The first-order chi connectivity index (χ1) is 37.8. The number of para-hydroxylation sites is 4. The molecule has 2 heterocycles. The van der Waals surface area contributed by atoms with Crippen molar-refractivity contribution in [2.24, 2.45) is 20.0 Å². The van der Waals surface area contributed by atoms with Gasteiger partial charge in [0.2, 0.25) is 0 Å². The van der Waals surface area contributed by atoms with E-state index < -0.39 is 0 Å².